The van der Waals surface area contributed by atoms with Gasteiger partial charge in [-0.1, -0.05) is 24.3 Å². The molecule has 4 aromatic rings. The van der Waals surface area contributed by atoms with E-state index in [-0.39, 0.29) is 16.5 Å². The topological polar surface area (TPSA) is 280 Å². The van der Waals surface area contributed by atoms with Crippen LogP contribution in [0.15, 0.2) is 91.4 Å². The van der Waals surface area contributed by atoms with Crippen molar-refractivity contribution >= 4 is 0 Å². The molecule has 0 saturated heterocycles. The van der Waals surface area contributed by atoms with Gasteiger partial charge in [-0.15, -0.1) is 20.5 Å². The van der Waals surface area contributed by atoms with Gasteiger partial charge in [0.05, 0.1) is 34.5 Å². The number of rotatable bonds is 4. The number of nitrogens with zero attached hydrogens (tertiary/aromatic N) is 5. The molecule has 0 aliphatic rings. The Morgan fingerprint density at radius 3 is 1.32 bits per heavy atom. The molecule has 0 fully saturated rings. The summed E-state index contributed by atoms with van der Waals surface area (Å²) in [4.78, 5) is 17.7. The molecular weight excluding hydrogens is 620 g/mol. The smallest absolute Gasteiger partial charge is 0.372 e. The van der Waals surface area contributed by atoms with Crippen LogP contribution >= 0.6 is 0 Å². The predicted octanol–water partition coefficient (Wildman–Crippen LogP) is -5.77. The van der Waals surface area contributed by atoms with Crippen molar-refractivity contribution in [1.29, 1.82) is 5.26 Å². The minimum Gasteiger partial charge on any atom is -0.372 e. The zero-order valence-electron chi connectivity index (χ0n) is 20.2. The normalized spacial score (nSPS) is 10.5. The summed E-state index contributed by atoms with van der Waals surface area (Å²) in [6, 6.07) is 23.7. The molecule has 0 unspecified atom stereocenters. The predicted molar refractivity (Wildman–Crippen MR) is 109 cm³/mol. The zero-order chi connectivity index (χ0) is 29.5. The third-order valence-corrected chi connectivity index (χ3v) is 4.12. The summed E-state index contributed by atoms with van der Waals surface area (Å²) in [5, 5.41) is 19.0. The van der Waals surface area contributed by atoms with Crippen molar-refractivity contribution in [3.63, 3.8) is 0 Å². The van der Waals surface area contributed by atoms with Gasteiger partial charge >= 0.3 is 16.5 Å². The van der Waals surface area contributed by atoms with E-state index >= 15 is 0 Å². The first-order chi connectivity index (χ1) is 18.2. The van der Waals surface area contributed by atoms with E-state index in [1.807, 2.05) is 42.5 Å². The molecule has 0 spiro atoms. The molecule has 1 N–H and O–H groups in total. The molecule has 0 aliphatic carbocycles. The maximum atomic E-state index is 11.7. The Morgan fingerprint density at radius 2 is 0.975 bits per heavy atom. The van der Waals surface area contributed by atoms with E-state index in [9.17, 15) is 5.11 Å². The van der Waals surface area contributed by atoms with E-state index in [0.717, 1.165) is 5.69 Å². The molecule has 4 rings (SSSR count). The van der Waals surface area contributed by atoms with Crippen LogP contribution in [0, 0.1) is 31.8 Å². The standard InChI is InChI=1S/C21H16N4O.C2H3N.2ClHO4.Ni/c26-21(18-10-2-5-14-23-18,19-11-3-6-15-24-19)20-12-7-9-17(25-20)16-8-1-4-13-22-16;1-2-3;2*2-1(3,4)5;/h1-15,26H;1H3;2*(H,2,3,4,5);/q;;;;+2/p-2. The van der Waals surface area contributed by atoms with Gasteiger partial charge in [0.15, 0.2) is 5.60 Å². The number of aromatic nitrogens is 4. The largest absolute Gasteiger partial charge is 2.00 e. The van der Waals surface area contributed by atoms with E-state index in [1.54, 1.807) is 55.0 Å². The molecular formula is C23H19Cl2N5NiO9. The molecule has 0 bridgehead atoms. The van der Waals surface area contributed by atoms with Crippen molar-refractivity contribution < 1.29 is 79.4 Å². The van der Waals surface area contributed by atoms with Gasteiger partial charge in [0, 0.05) is 25.5 Å². The molecule has 0 radical (unpaired) electrons. The summed E-state index contributed by atoms with van der Waals surface area (Å²) in [6.07, 6.45) is 5.01. The van der Waals surface area contributed by atoms with Crippen LogP contribution < -0.4 is 37.3 Å². The molecule has 4 heterocycles. The summed E-state index contributed by atoms with van der Waals surface area (Å²) in [6.45, 7) is 1.43. The van der Waals surface area contributed by atoms with Crippen molar-refractivity contribution in [2.75, 3.05) is 0 Å². The van der Waals surface area contributed by atoms with Gasteiger partial charge in [-0.25, -0.2) is 42.3 Å². The molecule has 17 heteroatoms. The molecule has 0 aliphatic heterocycles. The Kier molecular flexibility index (Phi) is 16.1. The molecule has 214 valence electrons. The summed E-state index contributed by atoms with van der Waals surface area (Å²) in [7, 11) is -9.89. The second kappa shape index (κ2) is 17.5. The second-order valence-corrected chi connectivity index (χ2v) is 8.25. The fourth-order valence-electron chi connectivity index (χ4n) is 2.84. The first-order valence-electron chi connectivity index (χ1n) is 10.2. The number of nitriles is 1. The van der Waals surface area contributed by atoms with Crippen LogP contribution in [-0.2, 0) is 22.1 Å². The summed E-state index contributed by atoms with van der Waals surface area (Å²) < 4.78 is 67.9. The minimum atomic E-state index is -4.94. The summed E-state index contributed by atoms with van der Waals surface area (Å²) in [5.41, 5.74) is 1.21. The zero-order valence-corrected chi connectivity index (χ0v) is 22.7. The van der Waals surface area contributed by atoms with E-state index in [2.05, 4.69) is 19.9 Å². The number of hydrogen-bond donors (Lipinski definition) is 1. The van der Waals surface area contributed by atoms with Gasteiger partial charge in [0.25, 0.3) is 0 Å². The maximum Gasteiger partial charge on any atom is 2.00 e. The Labute approximate surface area is 242 Å². The van der Waals surface area contributed by atoms with Crippen molar-refractivity contribution in [3.05, 3.63) is 108 Å². The Balaban J connectivity index is 0.000000918. The molecule has 40 heavy (non-hydrogen) atoms. The molecule has 0 atom stereocenters. The minimum absolute atomic E-state index is 0. The van der Waals surface area contributed by atoms with Crippen LogP contribution in [0.25, 0.3) is 11.4 Å². The van der Waals surface area contributed by atoms with Gasteiger partial charge in [-0.2, -0.15) is 5.26 Å². The third kappa shape index (κ3) is 14.3. The monoisotopic (exact) mass is 637 g/mol. The quantitative estimate of drug-likeness (QED) is 0.204. The average Bonchev–Trinajstić information content (AvgIpc) is 2.88. The van der Waals surface area contributed by atoms with Gasteiger partial charge in [0.2, 0.25) is 0 Å². The Hall–Kier alpha value is -3.20. The van der Waals surface area contributed by atoms with E-state index in [0.29, 0.717) is 22.8 Å². The Bertz CT molecular complexity index is 1230. The van der Waals surface area contributed by atoms with Crippen LogP contribution in [0.5, 0.6) is 0 Å². The fraction of sp³-hybridized carbons (Fsp3) is 0.0870. The fourth-order valence-corrected chi connectivity index (χ4v) is 2.84. The molecule has 0 aromatic carbocycles. The van der Waals surface area contributed by atoms with Crippen LogP contribution in [-0.4, -0.2) is 25.0 Å². The van der Waals surface area contributed by atoms with Crippen molar-refractivity contribution in [1.82, 2.24) is 19.9 Å². The number of halogens is 2. The number of hydrogen-bond acceptors (Lipinski definition) is 14. The number of pyridine rings is 4. The summed E-state index contributed by atoms with van der Waals surface area (Å²) >= 11 is 0. The van der Waals surface area contributed by atoms with Gasteiger partial charge < -0.3 is 5.11 Å². The average molecular weight is 639 g/mol. The first-order valence-corrected chi connectivity index (χ1v) is 12.7. The van der Waals surface area contributed by atoms with E-state index in [1.165, 1.54) is 6.92 Å². The number of aliphatic hydroxyl groups is 1. The molecule has 4 aromatic heterocycles. The van der Waals surface area contributed by atoms with Crippen LogP contribution in [0.1, 0.15) is 24.0 Å². The van der Waals surface area contributed by atoms with Crippen LogP contribution in [0.3, 0.4) is 0 Å². The first kappa shape index (κ1) is 36.8. The van der Waals surface area contributed by atoms with E-state index < -0.39 is 26.1 Å². The summed E-state index contributed by atoms with van der Waals surface area (Å²) in [5.74, 6) is 0. The second-order valence-electron chi connectivity index (χ2n) is 6.74. The molecule has 14 nitrogen and oxygen atoms in total. The van der Waals surface area contributed by atoms with Crippen molar-refractivity contribution in [2.24, 2.45) is 0 Å². The molecule has 0 saturated carbocycles. The van der Waals surface area contributed by atoms with Crippen molar-refractivity contribution in [3.8, 4) is 17.5 Å². The SMILES string of the molecule is CC#N.OC(c1ccccn1)(c1ccccn1)c1cccc(-c2ccccn2)n1.[Ni+2].[O-][Cl+3]([O-])([O-])[O-].[O-][Cl+3]([O-])([O-])[O-]. The Morgan fingerprint density at radius 1 is 0.625 bits per heavy atom. The van der Waals surface area contributed by atoms with E-state index in [4.69, 9.17) is 42.5 Å². The van der Waals surface area contributed by atoms with Gasteiger partial charge in [-0.3, -0.25) is 15.0 Å². The molecule has 0 amide bonds. The van der Waals surface area contributed by atoms with Gasteiger partial charge in [0.1, 0.15) is 0 Å². The van der Waals surface area contributed by atoms with Crippen molar-refractivity contribution in [2.45, 2.75) is 12.5 Å². The van der Waals surface area contributed by atoms with Crippen LogP contribution in [0.4, 0.5) is 0 Å². The maximum absolute atomic E-state index is 11.7. The van der Waals surface area contributed by atoms with Gasteiger partial charge in [-0.05, 0) is 48.5 Å². The van der Waals surface area contributed by atoms with Crippen LogP contribution in [0.2, 0.25) is 0 Å². The third-order valence-electron chi connectivity index (χ3n) is 4.12.